The molecule has 1 amide bonds. The summed E-state index contributed by atoms with van der Waals surface area (Å²) in [7, 11) is 0. The Morgan fingerprint density at radius 2 is 2.04 bits per heavy atom. The molecule has 0 aromatic heterocycles. The Balaban J connectivity index is 4.64. The van der Waals surface area contributed by atoms with Crippen molar-refractivity contribution in [1.29, 1.82) is 0 Å². The summed E-state index contributed by atoms with van der Waals surface area (Å²) < 4.78 is 5.05. The maximum atomic E-state index is 11.4. The summed E-state index contributed by atoms with van der Waals surface area (Å²) in [6.07, 6.45) is 0.114. The zero-order valence-electron chi connectivity index (χ0n) is 13.8. The second-order valence-electron chi connectivity index (χ2n) is 5.18. The number of carboxylic acid groups (broad SMARTS) is 1. The topological polar surface area (TPSA) is 127 Å². The molecule has 0 aliphatic carbocycles. The van der Waals surface area contributed by atoms with Gasteiger partial charge in [0.05, 0.1) is 5.88 Å². The smallest absolute Gasteiger partial charge is 0.408 e. The molecule has 0 heterocycles. The minimum atomic E-state index is -1.36. The molecular weight excluding hydrogens is 338 g/mol. The first-order valence-electron chi connectivity index (χ1n) is 6.84. The van der Waals surface area contributed by atoms with Gasteiger partial charge in [-0.25, -0.2) is 9.59 Å². The number of amides is 1. The van der Waals surface area contributed by atoms with Gasteiger partial charge in [0.2, 0.25) is 5.71 Å². The standard InChI is InChI=1S/C14H21N3O6S/c1-14(2,3)23-13(21)16-9-24-8-10(15-4)11(12(19)20)17-22-7-5-6-18/h6,8H,4-5,7,9H2,1-3H3,(H,16,21)(H,19,20)/b10-8-,17-11-. The lowest BCUT2D eigenvalue weighted by Gasteiger charge is -2.19. The molecule has 0 fully saturated rings. The Kier molecular flexibility index (Phi) is 10.1. The molecule has 0 saturated carbocycles. The Morgan fingerprint density at radius 3 is 2.54 bits per heavy atom. The number of hydrogen-bond donors (Lipinski definition) is 2. The van der Waals surface area contributed by atoms with E-state index in [9.17, 15) is 14.4 Å². The maximum absolute atomic E-state index is 11.4. The fourth-order valence-electron chi connectivity index (χ4n) is 1.11. The predicted octanol–water partition coefficient (Wildman–Crippen LogP) is 1.79. The van der Waals surface area contributed by atoms with Gasteiger partial charge in [0.15, 0.2) is 0 Å². The Hall–Kier alpha value is -2.36. The van der Waals surface area contributed by atoms with Gasteiger partial charge in [-0.2, -0.15) is 0 Å². The van der Waals surface area contributed by atoms with E-state index in [0.717, 1.165) is 11.8 Å². The van der Waals surface area contributed by atoms with Crippen molar-refractivity contribution in [2.24, 2.45) is 10.1 Å². The highest BCUT2D eigenvalue weighted by Crippen LogP contribution is 2.11. The van der Waals surface area contributed by atoms with Gasteiger partial charge in [0, 0.05) is 11.8 Å². The maximum Gasteiger partial charge on any atom is 0.408 e. The minimum absolute atomic E-state index is 0.0374. The highest BCUT2D eigenvalue weighted by molar-refractivity contribution is 8.02. The zero-order chi connectivity index (χ0) is 18.6. The number of aliphatic imine (C=N–C) groups is 1. The van der Waals surface area contributed by atoms with Crippen LogP contribution in [0.3, 0.4) is 0 Å². The van der Waals surface area contributed by atoms with Crippen molar-refractivity contribution < 1.29 is 29.1 Å². The number of oxime groups is 1. The van der Waals surface area contributed by atoms with Gasteiger partial charge in [0.1, 0.15) is 24.2 Å². The van der Waals surface area contributed by atoms with Gasteiger partial charge >= 0.3 is 12.1 Å². The molecular formula is C14H21N3O6S. The van der Waals surface area contributed by atoms with E-state index in [-0.39, 0.29) is 24.6 Å². The lowest BCUT2D eigenvalue weighted by atomic mass is 10.2. The summed E-state index contributed by atoms with van der Waals surface area (Å²) in [5, 5.41) is 16.4. The second kappa shape index (κ2) is 11.2. The number of nitrogens with one attached hydrogen (secondary N) is 1. The first-order chi connectivity index (χ1) is 11.2. The van der Waals surface area contributed by atoms with E-state index in [1.165, 1.54) is 5.41 Å². The number of nitrogens with zero attached hydrogens (tertiary/aromatic N) is 2. The predicted molar refractivity (Wildman–Crippen MR) is 91.2 cm³/mol. The second-order valence-corrected chi connectivity index (χ2v) is 6.04. The van der Waals surface area contributed by atoms with Gasteiger partial charge in [-0.05, 0) is 27.5 Å². The molecule has 0 radical (unpaired) electrons. The molecule has 0 aromatic rings. The van der Waals surface area contributed by atoms with Crippen LogP contribution in [0.25, 0.3) is 0 Å². The molecule has 134 valence electrons. The van der Waals surface area contributed by atoms with Gasteiger partial charge in [0.25, 0.3) is 0 Å². The molecule has 0 atom stereocenters. The monoisotopic (exact) mass is 359 g/mol. The van der Waals surface area contributed by atoms with Gasteiger partial charge in [-0.3, -0.25) is 4.99 Å². The van der Waals surface area contributed by atoms with Crippen molar-refractivity contribution in [3.05, 3.63) is 11.1 Å². The normalized spacial score (nSPS) is 12.3. The Bertz CT molecular complexity index is 525. The molecule has 24 heavy (non-hydrogen) atoms. The third-order valence-electron chi connectivity index (χ3n) is 1.99. The fourth-order valence-corrected chi connectivity index (χ4v) is 1.74. The number of carbonyl (C=O) groups excluding carboxylic acids is 2. The van der Waals surface area contributed by atoms with E-state index in [2.05, 4.69) is 22.2 Å². The van der Waals surface area contributed by atoms with E-state index >= 15 is 0 Å². The zero-order valence-corrected chi connectivity index (χ0v) is 14.6. The molecule has 0 bridgehead atoms. The lowest BCUT2D eigenvalue weighted by Crippen LogP contribution is -2.32. The van der Waals surface area contributed by atoms with Crippen LogP contribution in [-0.4, -0.2) is 54.0 Å². The number of ether oxygens (including phenoxy) is 1. The summed E-state index contributed by atoms with van der Waals surface area (Å²) in [6, 6.07) is 0. The summed E-state index contributed by atoms with van der Waals surface area (Å²) in [4.78, 5) is 41.1. The summed E-state index contributed by atoms with van der Waals surface area (Å²) >= 11 is 1.07. The van der Waals surface area contributed by atoms with Crippen LogP contribution in [0.4, 0.5) is 4.79 Å². The number of rotatable bonds is 10. The number of thioether (sulfide) groups is 1. The van der Waals surface area contributed by atoms with Crippen LogP contribution in [0.5, 0.6) is 0 Å². The first-order valence-corrected chi connectivity index (χ1v) is 7.88. The van der Waals surface area contributed by atoms with Crippen LogP contribution in [0.2, 0.25) is 0 Å². The minimum Gasteiger partial charge on any atom is -0.476 e. The largest absolute Gasteiger partial charge is 0.476 e. The Morgan fingerprint density at radius 1 is 1.38 bits per heavy atom. The van der Waals surface area contributed by atoms with E-state index in [4.69, 9.17) is 14.7 Å². The van der Waals surface area contributed by atoms with E-state index in [1.807, 2.05) is 0 Å². The van der Waals surface area contributed by atoms with Crippen molar-refractivity contribution in [2.75, 3.05) is 12.5 Å². The molecule has 2 N–H and O–H groups in total. The third-order valence-corrected chi connectivity index (χ3v) is 2.69. The molecule has 0 aromatic carbocycles. The number of carboxylic acids is 1. The molecule has 0 rings (SSSR count). The van der Waals surface area contributed by atoms with Crippen molar-refractivity contribution in [1.82, 2.24) is 5.32 Å². The molecule has 9 nitrogen and oxygen atoms in total. The van der Waals surface area contributed by atoms with Gasteiger partial charge in [-0.15, -0.1) is 11.8 Å². The number of hydrogen-bond acceptors (Lipinski definition) is 8. The summed E-state index contributed by atoms with van der Waals surface area (Å²) in [6.45, 7) is 8.43. The molecule has 0 spiro atoms. The average molecular weight is 359 g/mol. The Labute approximate surface area is 144 Å². The molecule has 0 saturated heterocycles. The molecule has 0 aliphatic heterocycles. The number of alkyl carbamates (subject to hydrolysis) is 1. The van der Waals surface area contributed by atoms with Crippen LogP contribution in [0.1, 0.15) is 27.2 Å². The first kappa shape index (κ1) is 21.6. The third kappa shape index (κ3) is 10.4. The lowest BCUT2D eigenvalue weighted by molar-refractivity contribution is -0.129. The molecule has 0 aliphatic rings. The van der Waals surface area contributed by atoms with E-state index in [1.54, 1.807) is 20.8 Å². The SMILES string of the molecule is C=NC(=C\SCNC(=O)OC(C)(C)C)/C(=N/OCCC=O)C(=O)O. The van der Waals surface area contributed by atoms with Crippen LogP contribution in [0, 0.1) is 0 Å². The van der Waals surface area contributed by atoms with Crippen LogP contribution < -0.4 is 5.32 Å². The molecule has 0 unspecified atom stereocenters. The van der Waals surface area contributed by atoms with Crippen LogP contribution >= 0.6 is 11.8 Å². The highest BCUT2D eigenvalue weighted by atomic mass is 32.2. The van der Waals surface area contributed by atoms with Crippen molar-refractivity contribution in [3.63, 3.8) is 0 Å². The number of carbonyl (C=O) groups is 3. The summed E-state index contributed by atoms with van der Waals surface area (Å²) in [5.74, 6) is -1.23. The fraction of sp³-hybridized carbons (Fsp3) is 0.500. The quantitative estimate of drug-likeness (QED) is 0.200. The van der Waals surface area contributed by atoms with Crippen molar-refractivity contribution >= 4 is 42.5 Å². The van der Waals surface area contributed by atoms with E-state index < -0.39 is 23.4 Å². The van der Waals surface area contributed by atoms with E-state index in [0.29, 0.717) is 6.29 Å². The molecule has 10 heteroatoms. The van der Waals surface area contributed by atoms with Gasteiger partial charge < -0.3 is 24.8 Å². The number of aliphatic carboxylic acids is 1. The van der Waals surface area contributed by atoms with Gasteiger partial charge in [-0.1, -0.05) is 5.16 Å². The summed E-state index contributed by atoms with van der Waals surface area (Å²) in [5.41, 5.74) is -1.11. The number of aldehydes is 1. The van der Waals surface area contributed by atoms with Crippen LogP contribution in [0.15, 0.2) is 21.3 Å². The van der Waals surface area contributed by atoms with Crippen LogP contribution in [-0.2, 0) is 19.2 Å². The average Bonchev–Trinajstić information content (AvgIpc) is 2.46. The highest BCUT2D eigenvalue weighted by Gasteiger charge is 2.17. The van der Waals surface area contributed by atoms with Crippen molar-refractivity contribution in [3.8, 4) is 0 Å². The van der Waals surface area contributed by atoms with Crippen molar-refractivity contribution in [2.45, 2.75) is 32.8 Å².